The van der Waals surface area contributed by atoms with Gasteiger partial charge in [-0.3, -0.25) is 9.59 Å². The van der Waals surface area contributed by atoms with E-state index in [0.29, 0.717) is 11.4 Å². The number of nitrogens with one attached hydrogen (secondary N) is 1. The predicted octanol–water partition coefficient (Wildman–Crippen LogP) is 5.22. The van der Waals surface area contributed by atoms with E-state index < -0.39 is 0 Å². The Labute approximate surface area is 196 Å². The Bertz CT molecular complexity index is 1090. The molecule has 2 aromatic carbocycles. The highest BCUT2D eigenvalue weighted by atomic mass is 16.2. The first-order valence-electron chi connectivity index (χ1n) is 11.5. The Kier molecular flexibility index (Phi) is 7.36. The molecule has 6 nitrogen and oxygen atoms in total. The van der Waals surface area contributed by atoms with Crippen LogP contribution in [0.15, 0.2) is 60.7 Å². The van der Waals surface area contributed by atoms with Crippen LogP contribution in [-0.2, 0) is 16.6 Å². The number of aromatic nitrogens is 2. The Balaban J connectivity index is 1.83. The molecular formula is C27H34N4O2. The molecule has 0 saturated carbocycles. The number of hydrogen-bond acceptors (Lipinski definition) is 3. The van der Waals surface area contributed by atoms with Crippen LogP contribution in [0.25, 0.3) is 5.69 Å². The van der Waals surface area contributed by atoms with Gasteiger partial charge in [0.2, 0.25) is 5.91 Å². The van der Waals surface area contributed by atoms with Crippen LogP contribution in [-0.4, -0.2) is 39.1 Å². The minimum absolute atomic E-state index is 0.0448. The molecule has 0 aliphatic heterocycles. The number of carbonyl (C=O) groups is 2. The molecule has 0 radical (unpaired) electrons. The third-order valence-electron chi connectivity index (χ3n) is 5.55. The molecule has 0 saturated heterocycles. The van der Waals surface area contributed by atoms with Crippen molar-refractivity contribution in [3.8, 4) is 5.69 Å². The highest BCUT2D eigenvalue weighted by Crippen LogP contribution is 2.26. The van der Waals surface area contributed by atoms with Gasteiger partial charge in [0, 0.05) is 23.1 Å². The zero-order valence-electron chi connectivity index (χ0n) is 20.4. The number of nitrogens with zero attached hydrogens (tertiary/aromatic N) is 3. The molecule has 0 unspecified atom stereocenters. The normalized spacial score (nSPS) is 11.5. The highest BCUT2D eigenvalue weighted by Gasteiger charge is 2.24. The first-order chi connectivity index (χ1) is 15.6. The minimum Gasteiger partial charge on any atom is -0.327 e. The molecule has 33 heavy (non-hydrogen) atoms. The zero-order chi connectivity index (χ0) is 24.2. The maximum absolute atomic E-state index is 13.1. The molecule has 0 aliphatic carbocycles. The van der Waals surface area contributed by atoms with Crippen LogP contribution in [0.3, 0.4) is 0 Å². The summed E-state index contributed by atoms with van der Waals surface area (Å²) in [6.45, 7) is 12.1. The Morgan fingerprint density at radius 2 is 1.67 bits per heavy atom. The van der Waals surface area contributed by atoms with Crippen molar-refractivity contribution in [1.82, 2.24) is 14.7 Å². The first kappa shape index (κ1) is 24.2. The standard InChI is InChI=1S/C27H34N4O2/c1-7-20-13-15-21(16-14-20)26(33)30(19(2)3)18-25(32)28-24-17-23(27(4,5)6)29-31(24)22-11-9-8-10-12-22/h8-17,19H,7,18H2,1-6H3,(H,28,32). The maximum Gasteiger partial charge on any atom is 0.254 e. The number of hydrogen-bond donors (Lipinski definition) is 1. The number of benzene rings is 2. The molecule has 174 valence electrons. The third kappa shape index (κ3) is 5.89. The molecule has 1 heterocycles. The summed E-state index contributed by atoms with van der Waals surface area (Å²) in [5, 5.41) is 7.72. The molecule has 1 aromatic heterocycles. The lowest BCUT2D eigenvalue weighted by atomic mass is 9.92. The van der Waals surface area contributed by atoms with E-state index in [2.05, 4.69) is 33.0 Å². The topological polar surface area (TPSA) is 67.2 Å². The van der Waals surface area contributed by atoms with Crippen LogP contribution in [0.5, 0.6) is 0 Å². The fraction of sp³-hybridized carbons (Fsp3) is 0.370. The summed E-state index contributed by atoms with van der Waals surface area (Å²) in [5.41, 5.74) is 3.30. The van der Waals surface area contributed by atoms with Crippen molar-refractivity contribution in [1.29, 1.82) is 0 Å². The largest absolute Gasteiger partial charge is 0.327 e. The van der Waals surface area contributed by atoms with Gasteiger partial charge in [-0.25, -0.2) is 4.68 Å². The van der Waals surface area contributed by atoms with Gasteiger partial charge in [0.15, 0.2) is 0 Å². The molecule has 2 amide bonds. The fourth-order valence-electron chi connectivity index (χ4n) is 3.48. The lowest BCUT2D eigenvalue weighted by molar-refractivity contribution is -0.117. The molecular weight excluding hydrogens is 412 g/mol. The summed E-state index contributed by atoms with van der Waals surface area (Å²) >= 11 is 0. The van der Waals surface area contributed by atoms with Gasteiger partial charge < -0.3 is 10.2 Å². The Hall–Kier alpha value is -3.41. The molecule has 3 rings (SSSR count). The summed E-state index contributed by atoms with van der Waals surface area (Å²) in [4.78, 5) is 27.8. The number of anilines is 1. The smallest absolute Gasteiger partial charge is 0.254 e. The van der Waals surface area contributed by atoms with E-state index in [-0.39, 0.29) is 29.8 Å². The zero-order valence-corrected chi connectivity index (χ0v) is 20.4. The van der Waals surface area contributed by atoms with Gasteiger partial charge in [-0.15, -0.1) is 0 Å². The lowest BCUT2D eigenvalue weighted by Crippen LogP contribution is -2.42. The number of carbonyl (C=O) groups excluding carboxylic acids is 2. The summed E-state index contributed by atoms with van der Waals surface area (Å²) in [5.74, 6) is 0.161. The molecule has 0 atom stereocenters. The van der Waals surface area contributed by atoms with Gasteiger partial charge in [0.1, 0.15) is 12.4 Å². The van der Waals surface area contributed by atoms with E-state index in [1.807, 2.05) is 74.5 Å². The van der Waals surface area contributed by atoms with Gasteiger partial charge in [-0.2, -0.15) is 5.10 Å². The number of para-hydroxylation sites is 1. The SMILES string of the molecule is CCc1ccc(C(=O)N(CC(=O)Nc2cc(C(C)(C)C)nn2-c2ccccc2)C(C)C)cc1. The van der Waals surface area contributed by atoms with Crippen LogP contribution in [0.2, 0.25) is 0 Å². The predicted molar refractivity (Wildman–Crippen MR) is 133 cm³/mol. The van der Waals surface area contributed by atoms with E-state index in [1.165, 1.54) is 5.56 Å². The minimum atomic E-state index is -0.264. The highest BCUT2D eigenvalue weighted by molar-refractivity contribution is 5.99. The Morgan fingerprint density at radius 1 is 1.03 bits per heavy atom. The number of amides is 2. The van der Waals surface area contributed by atoms with Crippen molar-refractivity contribution >= 4 is 17.6 Å². The molecule has 3 aromatic rings. The maximum atomic E-state index is 13.1. The van der Waals surface area contributed by atoms with Crippen molar-refractivity contribution in [3.05, 3.63) is 77.5 Å². The number of rotatable bonds is 7. The van der Waals surface area contributed by atoms with Crippen molar-refractivity contribution in [2.45, 2.75) is 59.4 Å². The van der Waals surface area contributed by atoms with Gasteiger partial charge in [0.05, 0.1) is 11.4 Å². The molecule has 0 bridgehead atoms. The second kappa shape index (κ2) is 10.0. The molecule has 6 heteroatoms. The summed E-state index contributed by atoms with van der Waals surface area (Å²) in [7, 11) is 0. The lowest BCUT2D eigenvalue weighted by Gasteiger charge is -2.26. The van der Waals surface area contributed by atoms with Gasteiger partial charge >= 0.3 is 0 Å². The van der Waals surface area contributed by atoms with Crippen LogP contribution in [0, 0.1) is 0 Å². The van der Waals surface area contributed by atoms with Gasteiger partial charge in [0.25, 0.3) is 5.91 Å². The van der Waals surface area contributed by atoms with E-state index >= 15 is 0 Å². The van der Waals surface area contributed by atoms with Crippen LogP contribution in [0.1, 0.15) is 63.2 Å². The number of aryl methyl sites for hydroxylation is 1. The monoisotopic (exact) mass is 446 g/mol. The van der Waals surface area contributed by atoms with E-state index in [9.17, 15) is 9.59 Å². The fourth-order valence-corrected chi connectivity index (χ4v) is 3.48. The van der Waals surface area contributed by atoms with E-state index in [0.717, 1.165) is 17.8 Å². The van der Waals surface area contributed by atoms with Crippen LogP contribution >= 0.6 is 0 Å². The molecule has 1 N–H and O–H groups in total. The van der Waals surface area contributed by atoms with Crippen LogP contribution in [0.4, 0.5) is 5.82 Å². The first-order valence-corrected chi connectivity index (χ1v) is 11.5. The van der Waals surface area contributed by atoms with Crippen molar-refractivity contribution in [3.63, 3.8) is 0 Å². The molecule has 0 aliphatic rings. The Morgan fingerprint density at radius 3 is 2.21 bits per heavy atom. The van der Waals surface area contributed by atoms with Crippen LogP contribution < -0.4 is 5.32 Å². The second-order valence-corrected chi connectivity index (χ2v) is 9.54. The summed E-state index contributed by atoms with van der Waals surface area (Å²) < 4.78 is 1.74. The molecule has 0 fully saturated rings. The van der Waals surface area contributed by atoms with E-state index in [4.69, 9.17) is 5.10 Å². The second-order valence-electron chi connectivity index (χ2n) is 9.54. The summed E-state index contributed by atoms with van der Waals surface area (Å²) in [6, 6.07) is 19.0. The van der Waals surface area contributed by atoms with Crippen molar-refractivity contribution in [2.24, 2.45) is 0 Å². The average molecular weight is 447 g/mol. The van der Waals surface area contributed by atoms with Gasteiger partial charge in [-0.1, -0.05) is 58.0 Å². The quantitative estimate of drug-likeness (QED) is 0.541. The third-order valence-corrected chi connectivity index (χ3v) is 5.55. The van der Waals surface area contributed by atoms with Crippen molar-refractivity contribution < 1.29 is 9.59 Å². The summed E-state index contributed by atoms with van der Waals surface area (Å²) in [6.07, 6.45) is 0.913. The molecule has 0 spiro atoms. The average Bonchev–Trinajstić information content (AvgIpc) is 3.21. The van der Waals surface area contributed by atoms with E-state index in [1.54, 1.807) is 9.58 Å². The van der Waals surface area contributed by atoms with Gasteiger partial charge in [-0.05, 0) is 50.1 Å². The van der Waals surface area contributed by atoms with Crippen molar-refractivity contribution in [2.75, 3.05) is 11.9 Å².